The van der Waals surface area contributed by atoms with Crippen molar-refractivity contribution in [3.63, 3.8) is 0 Å². The maximum Gasteiger partial charge on any atom is 0.300 e. The Morgan fingerprint density at radius 2 is 1.68 bits per heavy atom. The summed E-state index contributed by atoms with van der Waals surface area (Å²) in [5.74, 6) is 0.120. The number of aryl methyl sites for hydroxylation is 2. The number of nitrogens with zero attached hydrogens (tertiary/aromatic N) is 1. The molecule has 1 saturated heterocycles. The van der Waals surface area contributed by atoms with Gasteiger partial charge in [-0.05, 0) is 78.4 Å². The van der Waals surface area contributed by atoms with E-state index in [1.54, 1.807) is 37.4 Å². The van der Waals surface area contributed by atoms with Crippen molar-refractivity contribution >= 4 is 23.1 Å². The minimum Gasteiger partial charge on any atom is -0.507 e. The molecule has 6 nitrogen and oxygen atoms in total. The fourth-order valence-electron chi connectivity index (χ4n) is 4.46. The number of ether oxygens (including phenoxy) is 2. The van der Waals surface area contributed by atoms with Gasteiger partial charge in [0, 0.05) is 11.3 Å². The van der Waals surface area contributed by atoms with E-state index in [-0.39, 0.29) is 11.3 Å². The third-order valence-electron chi connectivity index (χ3n) is 6.52. The second-order valence-corrected chi connectivity index (χ2v) is 9.65. The minimum absolute atomic E-state index is 0.0463. The van der Waals surface area contributed by atoms with Gasteiger partial charge in [-0.1, -0.05) is 45.0 Å². The predicted octanol–water partition coefficient (Wildman–Crippen LogP) is 6.23. The Hall–Kier alpha value is -4.06. The van der Waals surface area contributed by atoms with Gasteiger partial charge in [0.25, 0.3) is 11.7 Å². The molecule has 1 heterocycles. The van der Waals surface area contributed by atoms with Crippen molar-refractivity contribution < 1.29 is 24.2 Å². The van der Waals surface area contributed by atoms with E-state index < -0.39 is 17.7 Å². The number of anilines is 1. The van der Waals surface area contributed by atoms with Crippen LogP contribution >= 0.6 is 0 Å². The highest BCUT2D eigenvalue weighted by molar-refractivity contribution is 6.51. The van der Waals surface area contributed by atoms with E-state index in [1.165, 1.54) is 4.90 Å². The number of carbonyl (C=O) groups is 2. The van der Waals surface area contributed by atoms with Crippen molar-refractivity contribution in [1.29, 1.82) is 0 Å². The first-order valence-corrected chi connectivity index (χ1v) is 12.5. The molecule has 0 aliphatic carbocycles. The molecule has 1 amide bonds. The summed E-state index contributed by atoms with van der Waals surface area (Å²) in [5.41, 5.74) is 3.73. The Morgan fingerprint density at radius 3 is 2.24 bits per heavy atom. The molecule has 0 saturated carbocycles. The van der Waals surface area contributed by atoms with Gasteiger partial charge in [0.2, 0.25) is 0 Å². The number of aliphatic hydroxyl groups is 1. The third kappa shape index (κ3) is 5.24. The second-order valence-electron chi connectivity index (χ2n) is 9.65. The number of carbonyl (C=O) groups excluding carboxylic acids is 2. The van der Waals surface area contributed by atoms with Crippen LogP contribution in [0.2, 0.25) is 0 Å². The van der Waals surface area contributed by atoms with Gasteiger partial charge in [0.05, 0.1) is 25.3 Å². The molecular formula is C31H33NO5. The summed E-state index contributed by atoms with van der Waals surface area (Å²) < 4.78 is 11.2. The molecule has 0 aromatic heterocycles. The molecule has 1 unspecified atom stereocenters. The molecule has 1 N–H and O–H groups in total. The van der Waals surface area contributed by atoms with Crippen molar-refractivity contribution in [3.8, 4) is 11.5 Å². The summed E-state index contributed by atoms with van der Waals surface area (Å²) in [7, 11) is 1.58. The lowest BCUT2D eigenvalue weighted by Crippen LogP contribution is -2.29. The van der Waals surface area contributed by atoms with Gasteiger partial charge in [-0.25, -0.2) is 0 Å². The normalized spacial score (nSPS) is 16.9. The molecule has 1 fully saturated rings. The van der Waals surface area contributed by atoms with Crippen molar-refractivity contribution in [2.45, 2.75) is 40.2 Å². The first-order chi connectivity index (χ1) is 17.7. The molecule has 1 aliphatic rings. The van der Waals surface area contributed by atoms with E-state index in [0.717, 1.165) is 17.5 Å². The maximum atomic E-state index is 13.4. The van der Waals surface area contributed by atoms with Gasteiger partial charge in [-0.3, -0.25) is 14.5 Å². The van der Waals surface area contributed by atoms with Crippen LogP contribution in [0.1, 0.15) is 49.1 Å². The Kier molecular flexibility index (Phi) is 7.67. The highest BCUT2D eigenvalue weighted by Gasteiger charge is 2.47. The number of aliphatic hydroxyl groups excluding tert-OH is 1. The lowest BCUT2D eigenvalue weighted by atomic mass is 9.94. The van der Waals surface area contributed by atoms with E-state index >= 15 is 0 Å². The highest BCUT2D eigenvalue weighted by atomic mass is 16.5. The first-order valence-electron chi connectivity index (χ1n) is 12.5. The Balaban J connectivity index is 1.83. The van der Waals surface area contributed by atoms with Crippen LogP contribution in [0, 0.1) is 12.8 Å². The highest BCUT2D eigenvalue weighted by Crippen LogP contribution is 2.42. The van der Waals surface area contributed by atoms with Gasteiger partial charge in [0.1, 0.15) is 17.3 Å². The monoisotopic (exact) mass is 499 g/mol. The fraction of sp³-hybridized carbons (Fsp3) is 0.290. The number of Topliss-reactive ketones (excluding diaryl/α,β-unsaturated/α-hetero) is 1. The van der Waals surface area contributed by atoms with Crippen LogP contribution in [0.4, 0.5) is 5.69 Å². The topological polar surface area (TPSA) is 76.1 Å². The van der Waals surface area contributed by atoms with E-state index in [2.05, 4.69) is 20.8 Å². The minimum atomic E-state index is -0.796. The van der Waals surface area contributed by atoms with Crippen LogP contribution in [0.3, 0.4) is 0 Å². The van der Waals surface area contributed by atoms with Crippen LogP contribution in [0.25, 0.3) is 5.76 Å². The average Bonchev–Trinajstić information content (AvgIpc) is 3.17. The number of amides is 1. The molecule has 3 aromatic carbocycles. The van der Waals surface area contributed by atoms with Crippen molar-refractivity contribution in [2.75, 3.05) is 18.6 Å². The van der Waals surface area contributed by atoms with Crippen molar-refractivity contribution in [2.24, 2.45) is 5.92 Å². The quantitative estimate of drug-likeness (QED) is 0.226. The summed E-state index contributed by atoms with van der Waals surface area (Å²) in [6, 6.07) is 19.2. The molecule has 37 heavy (non-hydrogen) atoms. The Labute approximate surface area is 218 Å². The van der Waals surface area contributed by atoms with Crippen LogP contribution in [0.15, 0.2) is 72.3 Å². The average molecular weight is 500 g/mol. The molecule has 0 bridgehead atoms. The molecule has 0 spiro atoms. The fourth-order valence-corrected chi connectivity index (χ4v) is 4.46. The van der Waals surface area contributed by atoms with E-state index in [9.17, 15) is 14.7 Å². The second kappa shape index (κ2) is 10.9. The molecular weight excluding hydrogens is 466 g/mol. The standard InChI is InChI=1S/C31H33NO5/c1-6-21-7-12-24(13-8-21)32-28(22-9-14-25(36-5)15-10-22)27(30(34)31(32)35)29(33)23-11-16-26(20(4)17-23)37-18-19(2)3/h7-17,19,28,33H,6,18H2,1-5H3/b29-27-. The van der Waals surface area contributed by atoms with Crippen molar-refractivity contribution in [1.82, 2.24) is 0 Å². The van der Waals surface area contributed by atoms with Crippen LogP contribution < -0.4 is 14.4 Å². The van der Waals surface area contributed by atoms with E-state index in [0.29, 0.717) is 40.8 Å². The molecule has 3 aromatic rings. The van der Waals surface area contributed by atoms with Crippen LogP contribution in [-0.2, 0) is 16.0 Å². The number of benzene rings is 3. The number of rotatable bonds is 8. The lowest BCUT2D eigenvalue weighted by molar-refractivity contribution is -0.132. The molecule has 1 atom stereocenters. The zero-order valence-electron chi connectivity index (χ0n) is 21.9. The molecule has 6 heteroatoms. The zero-order valence-corrected chi connectivity index (χ0v) is 21.9. The number of hydrogen-bond acceptors (Lipinski definition) is 5. The van der Waals surface area contributed by atoms with Gasteiger partial charge in [0.15, 0.2) is 0 Å². The molecule has 192 valence electrons. The zero-order chi connectivity index (χ0) is 26.7. The smallest absolute Gasteiger partial charge is 0.300 e. The predicted molar refractivity (Wildman–Crippen MR) is 145 cm³/mol. The van der Waals surface area contributed by atoms with Gasteiger partial charge in [-0.2, -0.15) is 0 Å². The Morgan fingerprint density at radius 1 is 1.00 bits per heavy atom. The lowest BCUT2D eigenvalue weighted by Gasteiger charge is -2.26. The molecule has 1 aliphatic heterocycles. The summed E-state index contributed by atoms with van der Waals surface area (Å²) in [5, 5.41) is 11.4. The molecule has 4 rings (SSSR count). The van der Waals surface area contributed by atoms with Crippen LogP contribution in [0.5, 0.6) is 11.5 Å². The number of hydrogen-bond donors (Lipinski definition) is 1. The number of methoxy groups -OCH3 is 1. The number of ketones is 1. The van der Waals surface area contributed by atoms with Gasteiger partial charge in [-0.15, -0.1) is 0 Å². The summed E-state index contributed by atoms with van der Waals surface area (Å²) in [6.45, 7) is 8.67. The van der Waals surface area contributed by atoms with Gasteiger partial charge < -0.3 is 14.6 Å². The van der Waals surface area contributed by atoms with E-state index in [4.69, 9.17) is 9.47 Å². The maximum absolute atomic E-state index is 13.4. The summed E-state index contributed by atoms with van der Waals surface area (Å²) >= 11 is 0. The van der Waals surface area contributed by atoms with Crippen LogP contribution in [-0.4, -0.2) is 30.5 Å². The summed E-state index contributed by atoms with van der Waals surface area (Å²) in [6.07, 6.45) is 0.858. The summed E-state index contributed by atoms with van der Waals surface area (Å²) in [4.78, 5) is 28.2. The largest absolute Gasteiger partial charge is 0.507 e. The third-order valence-corrected chi connectivity index (χ3v) is 6.52. The Bertz CT molecular complexity index is 1320. The van der Waals surface area contributed by atoms with Gasteiger partial charge >= 0.3 is 0 Å². The first kappa shape index (κ1) is 26.0. The molecule has 0 radical (unpaired) electrons. The van der Waals surface area contributed by atoms with Crippen molar-refractivity contribution in [3.05, 3.63) is 94.6 Å². The van der Waals surface area contributed by atoms with E-state index in [1.807, 2.05) is 43.3 Å². The SMILES string of the molecule is CCc1ccc(N2C(=O)C(=O)/C(=C(\O)c3ccc(OCC(C)C)c(C)c3)C2c2ccc(OC)cc2)cc1.